The molecule has 0 aromatic rings. The Morgan fingerprint density at radius 3 is 2.75 bits per heavy atom. The minimum atomic E-state index is -0.350. The molecule has 0 aliphatic heterocycles. The highest BCUT2D eigenvalue weighted by Gasteiger charge is 2.06. The van der Waals surface area contributed by atoms with Gasteiger partial charge in [-0.05, 0) is 12.8 Å². The molecule has 5 heteroatoms. The van der Waals surface area contributed by atoms with Crippen LogP contribution in [-0.4, -0.2) is 24.9 Å². The number of nitrogens with one attached hydrogen (secondary N) is 2. The Morgan fingerprint density at radius 1 is 1.44 bits per heavy atom. The Balaban J connectivity index is 3.96. The highest BCUT2D eigenvalue weighted by molar-refractivity contribution is 6.17. The lowest BCUT2D eigenvalue weighted by atomic mass is 10.3. The first kappa shape index (κ1) is 14.8. The van der Waals surface area contributed by atoms with E-state index in [2.05, 4.69) is 17.6 Å². The highest BCUT2D eigenvalue weighted by Crippen LogP contribution is 1.92. The third-order valence-corrected chi connectivity index (χ3v) is 2.15. The Morgan fingerprint density at radius 2 is 2.19 bits per heavy atom. The minimum absolute atomic E-state index is 0.102. The molecule has 0 aliphatic rings. The fraction of sp³-hybridized carbons (Fsp3) is 0.636. The van der Waals surface area contributed by atoms with Crippen molar-refractivity contribution in [2.45, 2.75) is 26.2 Å². The van der Waals surface area contributed by atoms with Crippen LogP contribution in [0.5, 0.6) is 0 Å². The number of alkyl halides is 1. The lowest BCUT2D eigenvalue weighted by Crippen LogP contribution is -2.27. The van der Waals surface area contributed by atoms with Crippen LogP contribution in [0.4, 0.5) is 0 Å². The van der Waals surface area contributed by atoms with E-state index in [9.17, 15) is 4.79 Å². The second-order valence-corrected chi connectivity index (χ2v) is 3.65. The van der Waals surface area contributed by atoms with Gasteiger partial charge < -0.3 is 10.6 Å². The molecule has 1 amide bonds. The molecule has 0 aromatic heterocycles. The van der Waals surface area contributed by atoms with Gasteiger partial charge in [-0.15, -0.1) is 11.6 Å². The van der Waals surface area contributed by atoms with E-state index in [1.54, 1.807) is 0 Å². The number of hydrogen-bond acceptors (Lipinski definition) is 3. The summed E-state index contributed by atoms with van der Waals surface area (Å²) in [4.78, 5) is 11.4. The third-order valence-electron chi connectivity index (χ3n) is 1.88. The van der Waals surface area contributed by atoms with Crippen molar-refractivity contribution in [2.75, 3.05) is 19.0 Å². The van der Waals surface area contributed by atoms with Gasteiger partial charge >= 0.3 is 0 Å². The Kier molecular flexibility index (Phi) is 9.53. The van der Waals surface area contributed by atoms with Crippen molar-refractivity contribution in [1.29, 1.82) is 5.26 Å². The molecule has 4 nitrogen and oxygen atoms in total. The molecule has 0 saturated carbocycles. The summed E-state index contributed by atoms with van der Waals surface area (Å²) in [5.74, 6) is 0.150. The van der Waals surface area contributed by atoms with Crippen LogP contribution in [0.2, 0.25) is 0 Å². The molecule has 0 atom stereocenters. The van der Waals surface area contributed by atoms with Crippen molar-refractivity contribution in [2.24, 2.45) is 0 Å². The lowest BCUT2D eigenvalue weighted by Gasteiger charge is -2.03. The molecule has 0 aliphatic carbocycles. The molecule has 0 fully saturated rings. The number of unbranched alkanes of at least 4 members (excludes halogenated alkanes) is 1. The van der Waals surface area contributed by atoms with Crippen LogP contribution in [0.25, 0.3) is 0 Å². The van der Waals surface area contributed by atoms with E-state index in [-0.39, 0.29) is 11.5 Å². The molecule has 0 radical (unpaired) electrons. The van der Waals surface area contributed by atoms with E-state index in [0.29, 0.717) is 18.8 Å². The Labute approximate surface area is 102 Å². The maximum atomic E-state index is 11.4. The minimum Gasteiger partial charge on any atom is -0.390 e. The van der Waals surface area contributed by atoms with E-state index in [1.807, 2.05) is 6.07 Å². The first-order chi connectivity index (χ1) is 7.76. The van der Waals surface area contributed by atoms with Crippen LogP contribution in [0.15, 0.2) is 11.8 Å². The molecular weight excluding hydrogens is 226 g/mol. The molecule has 16 heavy (non-hydrogen) atoms. The summed E-state index contributed by atoms with van der Waals surface area (Å²) in [5.41, 5.74) is 0.102. The van der Waals surface area contributed by atoms with E-state index < -0.39 is 0 Å². The van der Waals surface area contributed by atoms with Gasteiger partial charge in [0.1, 0.15) is 11.6 Å². The number of nitrogens with zero attached hydrogens (tertiary/aromatic N) is 1. The predicted octanol–water partition coefficient (Wildman–Crippen LogP) is 1.53. The monoisotopic (exact) mass is 243 g/mol. The molecule has 0 aromatic carbocycles. The van der Waals surface area contributed by atoms with Crippen LogP contribution in [-0.2, 0) is 4.79 Å². The van der Waals surface area contributed by atoms with Gasteiger partial charge in [-0.1, -0.05) is 13.3 Å². The fourth-order valence-corrected chi connectivity index (χ4v) is 1.10. The largest absolute Gasteiger partial charge is 0.390 e. The van der Waals surface area contributed by atoms with Crippen molar-refractivity contribution in [1.82, 2.24) is 10.6 Å². The average molecular weight is 244 g/mol. The molecule has 0 spiro atoms. The van der Waals surface area contributed by atoms with Crippen molar-refractivity contribution in [3.63, 3.8) is 0 Å². The van der Waals surface area contributed by atoms with Gasteiger partial charge in [0.2, 0.25) is 0 Å². The quantitative estimate of drug-likeness (QED) is 0.294. The first-order valence-corrected chi connectivity index (χ1v) is 5.97. The third kappa shape index (κ3) is 7.13. The summed E-state index contributed by atoms with van der Waals surface area (Å²) in [6.07, 6.45) is 4.26. The molecule has 0 heterocycles. The summed E-state index contributed by atoms with van der Waals surface area (Å²) in [7, 11) is 0. The second-order valence-electron chi connectivity index (χ2n) is 3.28. The summed E-state index contributed by atoms with van der Waals surface area (Å²) in [6, 6.07) is 1.86. The van der Waals surface area contributed by atoms with Gasteiger partial charge in [0.15, 0.2) is 0 Å². The second kappa shape index (κ2) is 10.3. The number of rotatable bonds is 8. The number of carbonyl (C=O) groups is 1. The lowest BCUT2D eigenvalue weighted by molar-refractivity contribution is -0.117. The van der Waals surface area contributed by atoms with Crippen LogP contribution in [0.1, 0.15) is 26.2 Å². The molecule has 90 valence electrons. The van der Waals surface area contributed by atoms with Gasteiger partial charge in [0.25, 0.3) is 5.91 Å². The van der Waals surface area contributed by atoms with Gasteiger partial charge in [-0.3, -0.25) is 4.79 Å². The van der Waals surface area contributed by atoms with Crippen molar-refractivity contribution >= 4 is 17.5 Å². The zero-order valence-corrected chi connectivity index (χ0v) is 10.3. The number of carbonyl (C=O) groups excluding carboxylic acids is 1. The van der Waals surface area contributed by atoms with Crippen LogP contribution in [0, 0.1) is 11.3 Å². The van der Waals surface area contributed by atoms with Crippen LogP contribution in [0.3, 0.4) is 0 Å². The van der Waals surface area contributed by atoms with E-state index in [0.717, 1.165) is 19.4 Å². The molecule has 2 N–H and O–H groups in total. The Bertz CT molecular complexity index is 271. The summed E-state index contributed by atoms with van der Waals surface area (Å²) < 4.78 is 0. The zero-order valence-electron chi connectivity index (χ0n) is 9.55. The SMILES string of the molecule is CCCCN/C=C(/C#N)C(=O)NCCCCl. The topological polar surface area (TPSA) is 64.9 Å². The van der Waals surface area contributed by atoms with Crippen LogP contribution >= 0.6 is 11.6 Å². The van der Waals surface area contributed by atoms with Crippen LogP contribution < -0.4 is 10.6 Å². The zero-order chi connectivity index (χ0) is 12.2. The van der Waals surface area contributed by atoms with E-state index >= 15 is 0 Å². The maximum Gasteiger partial charge on any atom is 0.263 e. The molecule has 0 saturated heterocycles. The number of hydrogen-bond donors (Lipinski definition) is 2. The standard InChI is InChI=1S/C11H18ClN3O/c1-2-3-6-14-9-10(8-13)11(16)15-7-4-5-12/h9,14H,2-7H2,1H3,(H,15,16)/b10-9-. The predicted molar refractivity (Wildman–Crippen MR) is 65.0 cm³/mol. The molecule has 0 rings (SSSR count). The van der Waals surface area contributed by atoms with Gasteiger partial charge in [0, 0.05) is 25.2 Å². The first-order valence-electron chi connectivity index (χ1n) is 5.44. The highest BCUT2D eigenvalue weighted by atomic mass is 35.5. The summed E-state index contributed by atoms with van der Waals surface area (Å²) >= 11 is 5.47. The molecular formula is C11H18ClN3O. The van der Waals surface area contributed by atoms with Crippen molar-refractivity contribution in [3.05, 3.63) is 11.8 Å². The van der Waals surface area contributed by atoms with Gasteiger partial charge in [-0.25, -0.2) is 0 Å². The summed E-state index contributed by atoms with van der Waals surface area (Å²) in [6.45, 7) is 3.35. The van der Waals surface area contributed by atoms with Crippen molar-refractivity contribution < 1.29 is 4.79 Å². The number of nitriles is 1. The smallest absolute Gasteiger partial charge is 0.263 e. The van der Waals surface area contributed by atoms with Gasteiger partial charge in [0.05, 0.1) is 0 Å². The van der Waals surface area contributed by atoms with E-state index in [4.69, 9.17) is 16.9 Å². The Hall–Kier alpha value is -1.21. The molecule has 0 unspecified atom stereocenters. The summed E-state index contributed by atoms with van der Waals surface area (Å²) in [5, 5.41) is 14.3. The maximum absolute atomic E-state index is 11.4. The fourth-order valence-electron chi connectivity index (χ4n) is 0.966. The number of amides is 1. The van der Waals surface area contributed by atoms with Crippen molar-refractivity contribution in [3.8, 4) is 6.07 Å². The molecule has 0 bridgehead atoms. The van der Waals surface area contributed by atoms with Gasteiger partial charge in [-0.2, -0.15) is 5.26 Å². The van der Waals surface area contributed by atoms with E-state index in [1.165, 1.54) is 6.20 Å². The number of halogens is 1. The normalized spacial score (nSPS) is 10.7. The average Bonchev–Trinajstić information content (AvgIpc) is 2.29.